The lowest BCUT2D eigenvalue weighted by Crippen LogP contribution is -2.52. The molecule has 1 unspecified atom stereocenters. The molecule has 0 aromatic heterocycles. The minimum Gasteiger partial charge on any atom is -0.495 e. The first kappa shape index (κ1) is 46.7. The van der Waals surface area contributed by atoms with Crippen molar-refractivity contribution in [3.05, 3.63) is 122 Å². The Morgan fingerprint density at radius 1 is 0.985 bits per heavy atom. The largest absolute Gasteiger partial charge is 0.495 e. The molecule has 350 valence electrons. The van der Waals surface area contributed by atoms with Gasteiger partial charge in [-0.2, -0.15) is 0 Å². The van der Waals surface area contributed by atoms with Crippen LogP contribution in [0, 0.1) is 34.9 Å². The van der Waals surface area contributed by atoms with Crippen LogP contribution in [0.4, 0.5) is 15.8 Å². The van der Waals surface area contributed by atoms with Gasteiger partial charge in [0.05, 0.1) is 29.9 Å². The van der Waals surface area contributed by atoms with Gasteiger partial charge in [-0.1, -0.05) is 80.1 Å². The van der Waals surface area contributed by atoms with Gasteiger partial charge < -0.3 is 30.5 Å². The number of imide groups is 1. The summed E-state index contributed by atoms with van der Waals surface area (Å²) in [6.07, 6.45) is 3.40. The third kappa shape index (κ3) is 8.68. The summed E-state index contributed by atoms with van der Waals surface area (Å²) in [6, 6.07) is 18.4. The van der Waals surface area contributed by atoms with Crippen LogP contribution in [0.5, 0.6) is 5.75 Å². The zero-order chi connectivity index (χ0) is 48.1. The number of hydrogen-bond donors (Lipinski definition) is 4. The Bertz CT molecular complexity index is 2900. The van der Waals surface area contributed by atoms with Crippen molar-refractivity contribution in [2.45, 2.75) is 101 Å². The van der Waals surface area contributed by atoms with Gasteiger partial charge in [0.25, 0.3) is 11.8 Å². The molecule has 0 saturated carbocycles. The van der Waals surface area contributed by atoms with E-state index in [4.69, 9.17) is 27.9 Å². The van der Waals surface area contributed by atoms with Crippen molar-refractivity contribution < 1.29 is 33.1 Å². The van der Waals surface area contributed by atoms with Crippen LogP contribution in [-0.4, -0.2) is 83.7 Å². The molecule has 0 bridgehead atoms. The molecular weight excluding hydrogens is 907 g/mol. The number of methoxy groups -OCH3 is 1. The number of fused-ring (bicyclic) bond motifs is 3. The molecule has 5 aliphatic heterocycles. The summed E-state index contributed by atoms with van der Waals surface area (Å²) < 4.78 is 22.1. The van der Waals surface area contributed by atoms with Gasteiger partial charge in [-0.15, -0.1) is 0 Å². The topological polar surface area (TPSA) is 149 Å². The minimum absolute atomic E-state index is 0.0365. The lowest BCUT2D eigenvalue weighted by Gasteiger charge is -2.39. The van der Waals surface area contributed by atoms with E-state index in [0.717, 1.165) is 24.1 Å². The second-order valence-corrected chi connectivity index (χ2v) is 20.2. The number of anilines is 2. The van der Waals surface area contributed by atoms with Crippen LogP contribution in [0.15, 0.2) is 72.8 Å². The number of carbonyl (C=O) groups is 5. The molecule has 4 aromatic rings. The highest BCUT2D eigenvalue weighted by Crippen LogP contribution is 2.57. The number of rotatable bonds is 7. The van der Waals surface area contributed by atoms with E-state index in [2.05, 4.69) is 65.7 Å². The average molecular weight is 958 g/mol. The van der Waals surface area contributed by atoms with Crippen LogP contribution in [0.25, 0.3) is 0 Å². The highest BCUT2D eigenvalue weighted by molar-refractivity contribution is 6.31. The highest BCUT2D eigenvalue weighted by Gasteiger charge is 2.61. The molecule has 3 fully saturated rings. The Kier molecular flexibility index (Phi) is 12.8. The molecule has 5 aliphatic rings. The number of nitrogens with one attached hydrogen (secondary N) is 4. The highest BCUT2D eigenvalue weighted by atomic mass is 35.5. The fourth-order valence-corrected chi connectivity index (χ4v) is 11.2. The minimum atomic E-state index is -0.918. The van der Waals surface area contributed by atoms with Crippen LogP contribution < -0.4 is 26.0 Å². The maximum Gasteiger partial charge on any atom is 0.255 e. The van der Waals surface area contributed by atoms with E-state index in [1.165, 1.54) is 18.1 Å². The van der Waals surface area contributed by atoms with Crippen LogP contribution in [0.1, 0.15) is 108 Å². The summed E-state index contributed by atoms with van der Waals surface area (Å²) in [6.45, 7) is 7.51. The Hall–Kier alpha value is -6.38. The molecule has 4 aromatic carbocycles. The van der Waals surface area contributed by atoms with Crippen LogP contribution in [0.2, 0.25) is 10.0 Å². The van der Waals surface area contributed by atoms with Crippen molar-refractivity contribution in [1.82, 2.24) is 20.4 Å². The summed E-state index contributed by atoms with van der Waals surface area (Å²) in [5, 5.41) is 13.1. The fourth-order valence-electron chi connectivity index (χ4n) is 10.8. The number of piperidine rings is 2. The molecule has 1 spiro atoms. The number of halogens is 3. The van der Waals surface area contributed by atoms with Crippen molar-refractivity contribution in [3.63, 3.8) is 0 Å². The van der Waals surface area contributed by atoms with Crippen molar-refractivity contribution >= 4 is 64.1 Å². The molecule has 68 heavy (non-hydrogen) atoms. The average Bonchev–Trinajstić information content (AvgIpc) is 3.96. The van der Waals surface area contributed by atoms with E-state index >= 15 is 4.39 Å². The van der Waals surface area contributed by atoms with E-state index < -0.39 is 47.1 Å². The lowest BCUT2D eigenvalue weighted by atomic mass is 9.63. The first-order valence-corrected chi connectivity index (χ1v) is 23.7. The summed E-state index contributed by atoms with van der Waals surface area (Å²) in [7, 11) is 1.47. The van der Waals surface area contributed by atoms with Gasteiger partial charge in [0, 0.05) is 70.8 Å². The molecule has 5 amide bonds. The van der Waals surface area contributed by atoms with Crippen molar-refractivity contribution in [2.75, 3.05) is 30.8 Å². The number of nitrogens with zero attached hydrogens (tertiary/aromatic N) is 2. The Morgan fingerprint density at radius 2 is 1.79 bits per heavy atom. The van der Waals surface area contributed by atoms with Crippen molar-refractivity contribution in [2.24, 2.45) is 5.41 Å². The standard InChI is InChI=1S/C53H51Cl2FN6O6/c1-52(2,3)27-43-53(29-57-40-26-32(54)19-20-37(40)53)45(35-16-10-17-38(55)46(35)56)47(59-43)49(65)58-39-21-18-31(25-42(39)68-4)50(66)61-24-8-7-14-33(61)13-6-5-11-30-12-9-15-34-36(30)28-62(51(34)67)41-22-23-44(63)60-48(41)64/h9-10,12,15-21,25-26,33,41,43,45,47,57,59H,7-8,14,22-24,27-29H2,1-4H3,(H,58,65)(H,60,63,64)/t33-,41?,43+,45+,47-,53+/m1/s1. The van der Waals surface area contributed by atoms with Gasteiger partial charge in [0.2, 0.25) is 17.7 Å². The van der Waals surface area contributed by atoms with Gasteiger partial charge in [-0.3, -0.25) is 29.3 Å². The predicted octanol–water partition coefficient (Wildman–Crippen LogP) is 7.81. The molecule has 12 nitrogen and oxygen atoms in total. The predicted molar refractivity (Wildman–Crippen MR) is 258 cm³/mol. The summed E-state index contributed by atoms with van der Waals surface area (Å²) >= 11 is 12.9. The van der Waals surface area contributed by atoms with Gasteiger partial charge in [-0.25, -0.2) is 4.39 Å². The first-order valence-electron chi connectivity index (χ1n) is 22.9. The SMILES string of the molecule is COc1cc(C(=O)N2CCCC[C@H]2C#CC#Cc2cccc3c2CN(C2CCC(=O)NC2=O)C3=O)ccc1NC(=O)[C@@H]1N[C@@H](CC(C)(C)C)[C@@]2(CNc3cc(Cl)ccc32)[C@H]1c1cccc(Cl)c1F. The second kappa shape index (κ2) is 18.6. The zero-order valence-corrected chi connectivity index (χ0v) is 39.7. The van der Waals surface area contributed by atoms with Gasteiger partial charge in [0.1, 0.15) is 17.6 Å². The molecule has 9 rings (SSSR count). The first-order chi connectivity index (χ1) is 32.6. The molecule has 3 saturated heterocycles. The zero-order valence-electron chi connectivity index (χ0n) is 38.2. The maximum absolute atomic E-state index is 16.3. The third-order valence-corrected chi connectivity index (χ3v) is 14.4. The molecule has 4 N–H and O–H groups in total. The normalized spacial score (nSPS) is 24.0. The second-order valence-electron chi connectivity index (χ2n) is 19.3. The molecule has 5 heterocycles. The van der Waals surface area contributed by atoms with Crippen molar-refractivity contribution in [1.29, 1.82) is 0 Å². The van der Waals surface area contributed by atoms with E-state index in [9.17, 15) is 24.0 Å². The summed E-state index contributed by atoms with van der Waals surface area (Å²) in [4.78, 5) is 69.8. The van der Waals surface area contributed by atoms with E-state index in [1.54, 1.807) is 53.4 Å². The van der Waals surface area contributed by atoms with Crippen LogP contribution in [0.3, 0.4) is 0 Å². The quantitative estimate of drug-likeness (QED) is 0.108. The Balaban J connectivity index is 0.949. The molecule has 6 atom stereocenters. The van der Waals surface area contributed by atoms with E-state index in [-0.39, 0.29) is 59.3 Å². The van der Waals surface area contributed by atoms with Crippen LogP contribution in [-0.2, 0) is 26.3 Å². The Morgan fingerprint density at radius 3 is 2.57 bits per heavy atom. The van der Waals surface area contributed by atoms with E-state index in [1.807, 2.05) is 18.2 Å². The fraction of sp³-hybridized carbons (Fsp3) is 0.377. The monoisotopic (exact) mass is 956 g/mol. The smallest absolute Gasteiger partial charge is 0.255 e. The van der Waals surface area contributed by atoms with Crippen molar-refractivity contribution in [3.8, 4) is 29.4 Å². The maximum atomic E-state index is 16.3. The molecule has 0 aliphatic carbocycles. The number of carbonyl (C=O) groups excluding carboxylic acids is 5. The number of hydrogen-bond acceptors (Lipinski definition) is 8. The van der Waals surface area contributed by atoms with E-state index in [0.29, 0.717) is 64.5 Å². The summed E-state index contributed by atoms with van der Waals surface area (Å²) in [5.41, 5.74) is 3.61. The summed E-state index contributed by atoms with van der Waals surface area (Å²) in [5.74, 6) is 9.35. The van der Waals surface area contributed by atoms with Crippen LogP contribution >= 0.6 is 23.2 Å². The lowest BCUT2D eigenvalue weighted by molar-refractivity contribution is -0.137. The molecule has 0 radical (unpaired) electrons. The van der Waals surface area contributed by atoms with Gasteiger partial charge in [0.15, 0.2) is 0 Å². The number of amides is 5. The molecular formula is C53H51Cl2FN6O6. The molecule has 15 heteroatoms. The Labute approximate surface area is 405 Å². The number of likely N-dealkylation sites (tertiary alicyclic amines) is 1. The third-order valence-electron chi connectivity index (χ3n) is 13.9. The van der Waals surface area contributed by atoms with Gasteiger partial charge >= 0.3 is 0 Å². The van der Waals surface area contributed by atoms with Gasteiger partial charge in [-0.05, 0) is 115 Å². The number of benzene rings is 4. The number of ether oxygens (including phenoxy) is 1.